The molecule has 1 aromatic carbocycles. The zero-order chi connectivity index (χ0) is 18.1. The second-order valence-corrected chi connectivity index (χ2v) is 5.15. The zero-order valence-corrected chi connectivity index (χ0v) is 12.8. The summed E-state index contributed by atoms with van der Waals surface area (Å²) in [7, 11) is 0. The molecule has 1 N–H and O–H groups in total. The van der Waals surface area contributed by atoms with Crippen molar-refractivity contribution in [3.8, 4) is 0 Å². The molecule has 4 nitrogen and oxygen atoms in total. The molecule has 126 valence electrons. The lowest BCUT2D eigenvalue weighted by molar-refractivity contribution is -0.140. The number of hydrogen-bond acceptors (Lipinski definition) is 3. The van der Waals surface area contributed by atoms with Gasteiger partial charge in [-0.25, -0.2) is 4.39 Å². The monoisotopic (exact) mass is 358 g/mol. The summed E-state index contributed by atoms with van der Waals surface area (Å²) in [5.74, 6) is -3.06. The molecule has 2 rings (SSSR count). The number of nitrogens with zero attached hydrogens (tertiary/aromatic N) is 1. The van der Waals surface area contributed by atoms with Crippen molar-refractivity contribution in [3.05, 3.63) is 53.4 Å². The van der Waals surface area contributed by atoms with Crippen LogP contribution in [0.1, 0.15) is 11.1 Å². The van der Waals surface area contributed by atoms with Crippen LogP contribution in [-0.4, -0.2) is 28.4 Å². The van der Waals surface area contributed by atoms with Crippen molar-refractivity contribution in [1.29, 1.82) is 0 Å². The highest BCUT2D eigenvalue weighted by molar-refractivity contribution is 7.80. The maximum Gasteiger partial charge on any atom is 0.419 e. The van der Waals surface area contributed by atoms with Crippen molar-refractivity contribution in [2.45, 2.75) is 6.18 Å². The van der Waals surface area contributed by atoms with Crippen molar-refractivity contribution in [2.75, 3.05) is 6.54 Å². The maximum atomic E-state index is 13.6. The molecular formula is C15H10F4N2O2S. The molecule has 0 bridgehead atoms. The van der Waals surface area contributed by atoms with Gasteiger partial charge in [-0.05, 0) is 36.0 Å². The van der Waals surface area contributed by atoms with Gasteiger partial charge in [0.25, 0.3) is 11.8 Å². The van der Waals surface area contributed by atoms with Crippen LogP contribution in [0, 0.1) is 5.82 Å². The van der Waals surface area contributed by atoms with Gasteiger partial charge in [-0.2, -0.15) is 13.2 Å². The van der Waals surface area contributed by atoms with E-state index in [0.29, 0.717) is 12.1 Å². The number of benzene rings is 1. The van der Waals surface area contributed by atoms with E-state index in [2.05, 4.69) is 11.9 Å². The Balaban J connectivity index is 2.41. The number of nitrogens with one attached hydrogen (secondary N) is 1. The highest BCUT2D eigenvalue weighted by atomic mass is 32.1. The summed E-state index contributed by atoms with van der Waals surface area (Å²) in [6.07, 6.45) is -2.45. The first-order valence-corrected chi connectivity index (χ1v) is 6.92. The van der Waals surface area contributed by atoms with E-state index in [1.165, 1.54) is 6.08 Å². The lowest BCUT2D eigenvalue weighted by Gasteiger charge is -2.27. The SMILES string of the molecule is C=CCN1C(=O)/C(=C/c2ccc(C(F)(F)F)c(F)c2)C(=O)NC1=S. The summed E-state index contributed by atoms with van der Waals surface area (Å²) < 4.78 is 51.2. The number of carbonyl (C=O) groups is 2. The number of amides is 2. The highest BCUT2D eigenvalue weighted by Gasteiger charge is 2.35. The van der Waals surface area contributed by atoms with E-state index in [0.717, 1.165) is 17.0 Å². The second-order valence-electron chi connectivity index (χ2n) is 4.76. The van der Waals surface area contributed by atoms with Crippen LogP contribution in [0.5, 0.6) is 0 Å². The quantitative estimate of drug-likeness (QED) is 0.297. The second kappa shape index (κ2) is 6.52. The van der Waals surface area contributed by atoms with Crippen molar-refractivity contribution in [3.63, 3.8) is 0 Å². The summed E-state index contributed by atoms with van der Waals surface area (Å²) in [5.41, 5.74) is -1.87. The topological polar surface area (TPSA) is 49.4 Å². The molecule has 0 spiro atoms. The molecule has 1 aliphatic rings. The fraction of sp³-hybridized carbons (Fsp3) is 0.133. The van der Waals surface area contributed by atoms with Crippen molar-refractivity contribution >= 4 is 35.2 Å². The molecule has 1 fully saturated rings. The van der Waals surface area contributed by atoms with Gasteiger partial charge < -0.3 is 0 Å². The van der Waals surface area contributed by atoms with E-state index in [9.17, 15) is 27.2 Å². The van der Waals surface area contributed by atoms with Gasteiger partial charge in [0.1, 0.15) is 11.4 Å². The predicted molar refractivity (Wildman–Crippen MR) is 82.0 cm³/mol. The van der Waals surface area contributed by atoms with Crippen LogP contribution >= 0.6 is 12.2 Å². The first kappa shape index (κ1) is 17.8. The molecule has 1 aromatic rings. The molecule has 1 saturated heterocycles. The molecule has 1 heterocycles. The van der Waals surface area contributed by atoms with Gasteiger partial charge in [0.2, 0.25) is 0 Å². The van der Waals surface area contributed by atoms with Crippen LogP contribution in [0.3, 0.4) is 0 Å². The van der Waals surface area contributed by atoms with Gasteiger partial charge in [0.05, 0.1) is 5.56 Å². The lowest BCUT2D eigenvalue weighted by Crippen LogP contribution is -2.53. The van der Waals surface area contributed by atoms with Gasteiger partial charge in [-0.1, -0.05) is 12.1 Å². The number of rotatable bonds is 3. The van der Waals surface area contributed by atoms with Crippen LogP contribution in [-0.2, 0) is 15.8 Å². The van der Waals surface area contributed by atoms with E-state index in [-0.39, 0.29) is 22.8 Å². The molecule has 1 aliphatic heterocycles. The maximum absolute atomic E-state index is 13.6. The Morgan fingerprint density at radius 2 is 1.96 bits per heavy atom. The van der Waals surface area contributed by atoms with Gasteiger partial charge in [-0.15, -0.1) is 6.58 Å². The Morgan fingerprint density at radius 1 is 1.29 bits per heavy atom. The van der Waals surface area contributed by atoms with Crippen molar-refractivity contribution in [2.24, 2.45) is 0 Å². The van der Waals surface area contributed by atoms with Gasteiger partial charge in [0.15, 0.2) is 5.11 Å². The molecule has 2 amide bonds. The van der Waals surface area contributed by atoms with E-state index < -0.39 is 29.4 Å². The summed E-state index contributed by atoms with van der Waals surface area (Å²) >= 11 is 4.86. The number of carbonyl (C=O) groups excluding carboxylic acids is 2. The van der Waals surface area contributed by atoms with Gasteiger partial charge in [0, 0.05) is 6.54 Å². The number of alkyl halides is 3. The Labute approximate surface area is 139 Å². The number of hydrogen-bond donors (Lipinski definition) is 1. The molecule has 0 aromatic heterocycles. The van der Waals surface area contributed by atoms with Crippen LogP contribution in [0.2, 0.25) is 0 Å². The fourth-order valence-electron chi connectivity index (χ4n) is 2.01. The average Bonchev–Trinajstić information content (AvgIpc) is 2.46. The number of thiocarbonyl (C=S) groups is 1. The van der Waals surface area contributed by atoms with Crippen LogP contribution < -0.4 is 5.32 Å². The summed E-state index contributed by atoms with van der Waals surface area (Å²) in [6, 6.07) is 2.10. The first-order valence-electron chi connectivity index (χ1n) is 6.51. The third-order valence-corrected chi connectivity index (χ3v) is 3.43. The molecule has 0 aliphatic carbocycles. The fourth-order valence-corrected chi connectivity index (χ4v) is 2.26. The minimum atomic E-state index is -4.83. The standard InChI is InChI=1S/C15H10F4N2O2S/c1-2-5-21-13(23)9(12(22)20-14(21)24)6-8-3-4-10(11(16)7-8)15(17,18)19/h2-4,6-7H,1,5H2,(H,20,22,24)/b9-6+. The van der Waals surface area contributed by atoms with Gasteiger partial charge in [-0.3, -0.25) is 19.8 Å². The zero-order valence-electron chi connectivity index (χ0n) is 12.0. The van der Waals surface area contributed by atoms with Crippen molar-refractivity contribution in [1.82, 2.24) is 10.2 Å². The van der Waals surface area contributed by atoms with Crippen molar-refractivity contribution < 1.29 is 27.2 Å². The summed E-state index contributed by atoms with van der Waals surface area (Å²) in [6.45, 7) is 3.49. The minimum Gasteiger partial charge on any atom is -0.298 e. The normalized spacial score (nSPS) is 17.2. The molecule has 0 saturated carbocycles. The van der Waals surface area contributed by atoms with E-state index in [4.69, 9.17) is 12.2 Å². The van der Waals surface area contributed by atoms with Crippen LogP contribution in [0.15, 0.2) is 36.4 Å². The van der Waals surface area contributed by atoms with Crippen LogP contribution in [0.4, 0.5) is 17.6 Å². The van der Waals surface area contributed by atoms with Gasteiger partial charge >= 0.3 is 6.18 Å². The minimum absolute atomic E-state index is 0.0384. The molecular weight excluding hydrogens is 348 g/mol. The first-order chi connectivity index (χ1) is 11.1. The summed E-state index contributed by atoms with van der Waals surface area (Å²) in [4.78, 5) is 25.2. The molecule has 0 unspecified atom stereocenters. The highest BCUT2D eigenvalue weighted by Crippen LogP contribution is 2.32. The van der Waals surface area contributed by atoms with E-state index in [1.807, 2.05) is 0 Å². The molecule has 24 heavy (non-hydrogen) atoms. The Hall–Kier alpha value is -2.55. The molecule has 0 radical (unpaired) electrons. The Morgan fingerprint density at radius 3 is 2.50 bits per heavy atom. The Kier molecular flexibility index (Phi) is 4.83. The third-order valence-electron chi connectivity index (χ3n) is 3.11. The number of halogens is 4. The largest absolute Gasteiger partial charge is 0.419 e. The lowest BCUT2D eigenvalue weighted by atomic mass is 10.1. The predicted octanol–water partition coefficient (Wildman–Crippen LogP) is 2.66. The molecule has 9 heteroatoms. The van der Waals surface area contributed by atoms with Crippen LogP contribution in [0.25, 0.3) is 6.08 Å². The molecule has 0 atom stereocenters. The third kappa shape index (κ3) is 3.51. The summed E-state index contributed by atoms with van der Waals surface area (Å²) in [5, 5.41) is 2.16. The van der Waals surface area contributed by atoms with E-state index in [1.54, 1.807) is 0 Å². The van der Waals surface area contributed by atoms with E-state index >= 15 is 0 Å². The smallest absolute Gasteiger partial charge is 0.298 e. The Bertz CT molecular complexity index is 771. The average molecular weight is 358 g/mol.